The number of hydrogen-bond donors (Lipinski definition) is 3. The molecule has 0 spiro atoms. The fourth-order valence-corrected chi connectivity index (χ4v) is 2.75. The first-order valence-corrected chi connectivity index (χ1v) is 6.71. The minimum absolute atomic E-state index is 0.0749. The molecule has 1 fully saturated rings. The molecule has 4 N–H and O–H groups in total. The second-order valence-corrected chi connectivity index (χ2v) is 5.30. The van der Waals surface area contributed by atoms with Gasteiger partial charge in [0.15, 0.2) is 17.2 Å². The van der Waals surface area contributed by atoms with Gasteiger partial charge in [0.2, 0.25) is 5.72 Å². The summed E-state index contributed by atoms with van der Waals surface area (Å²) in [5.41, 5.74) is -0.349. The Labute approximate surface area is 131 Å². The number of carbonyl (C=O) groups excluding carboxylic acids is 2. The molecule has 2 rings (SSSR count). The van der Waals surface area contributed by atoms with Crippen LogP contribution in [0.3, 0.4) is 0 Å². The monoisotopic (exact) mass is 323 g/mol. The molecular weight excluding hydrogens is 306 g/mol. The maximum Gasteiger partial charge on any atom is 0.352 e. The zero-order valence-corrected chi connectivity index (χ0v) is 12.6. The number of aromatic nitrogens is 2. The number of carbonyl (C=O) groups is 2. The summed E-state index contributed by atoms with van der Waals surface area (Å²) in [6.07, 6.45) is -0.307. The molecule has 3 atom stereocenters. The normalized spacial score (nSPS) is 30.4. The number of nitrogens with two attached hydrogens (primary N) is 1. The van der Waals surface area contributed by atoms with E-state index in [2.05, 4.69) is 11.6 Å². The Balaban J connectivity index is 2.78. The summed E-state index contributed by atoms with van der Waals surface area (Å²) < 4.78 is 6.26. The Morgan fingerprint density at radius 1 is 1.48 bits per heavy atom. The predicted molar refractivity (Wildman–Crippen MR) is 78.3 cm³/mol. The van der Waals surface area contributed by atoms with Crippen LogP contribution in [0, 0.1) is 0 Å². The minimum Gasteiger partial charge on any atom is -0.394 e. The number of ketones is 2. The molecular formula is C14H17N3O6. The van der Waals surface area contributed by atoms with E-state index < -0.39 is 41.3 Å². The van der Waals surface area contributed by atoms with Crippen LogP contribution in [0.25, 0.3) is 0 Å². The highest BCUT2D eigenvalue weighted by atomic mass is 16.6. The lowest BCUT2D eigenvalue weighted by atomic mass is 9.82. The molecule has 23 heavy (non-hydrogen) atoms. The van der Waals surface area contributed by atoms with Crippen molar-refractivity contribution in [2.75, 3.05) is 12.3 Å². The number of rotatable bonds is 4. The van der Waals surface area contributed by atoms with Crippen LogP contribution in [0.1, 0.15) is 13.8 Å². The van der Waals surface area contributed by atoms with Crippen molar-refractivity contribution in [1.82, 2.24) is 9.55 Å². The van der Waals surface area contributed by atoms with Crippen molar-refractivity contribution in [2.24, 2.45) is 0 Å². The zero-order chi connectivity index (χ0) is 17.6. The summed E-state index contributed by atoms with van der Waals surface area (Å²) in [7, 11) is 0. The van der Waals surface area contributed by atoms with Crippen LogP contribution < -0.4 is 11.4 Å². The molecule has 1 aliphatic heterocycles. The van der Waals surface area contributed by atoms with Gasteiger partial charge in [-0.15, -0.1) is 0 Å². The summed E-state index contributed by atoms with van der Waals surface area (Å²) >= 11 is 0. The second kappa shape index (κ2) is 5.37. The second-order valence-electron chi connectivity index (χ2n) is 5.30. The van der Waals surface area contributed by atoms with Gasteiger partial charge in [0.25, 0.3) is 0 Å². The van der Waals surface area contributed by atoms with Gasteiger partial charge in [-0.25, -0.2) is 4.79 Å². The lowest BCUT2D eigenvalue weighted by molar-refractivity contribution is -0.162. The van der Waals surface area contributed by atoms with Crippen molar-refractivity contribution < 1.29 is 24.5 Å². The average molecular weight is 323 g/mol. The molecule has 0 bridgehead atoms. The number of aliphatic hydroxyl groups is 2. The lowest BCUT2D eigenvalue weighted by Crippen LogP contribution is -2.51. The molecule has 0 saturated carbocycles. The average Bonchev–Trinajstić information content (AvgIpc) is 2.70. The van der Waals surface area contributed by atoms with E-state index in [9.17, 15) is 24.6 Å². The first-order chi connectivity index (χ1) is 10.6. The molecule has 0 aromatic carbocycles. The fourth-order valence-electron chi connectivity index (χ4n) is 2.75. The van der Waals surface area contributed by atoms with E-state index in [1.165, 1.54) is 6.07 Å². The van der Waals surface area contributed by atoms with Gasteiger partial charge in [0.05, 0.1) is 6.61 Å². The number of hydrogen-bond acceptors (Lipinski definition) is 8. The lowest BCUT2D eigenvalue weighted by Gasteiger charge is -2.30. The molecule has 9 nitrogen and oxygen atoms in total. The van der Waals surface area contributed by atoms with Crippen LogP contribution in [0.5, 0.6) is 0 Å². The number of nitrogens with zero attached hydrogens (tertiary/aromatic N) is 2. The van der Waals surface area contributed by atoms with Gasteiger partial charge in [-0.3, -0.25) is 14.2 Å². The van der Waals surface area contributed by atoms with E-state index in [1.807, 2.05) is 0 Å². The van der Waals surface area contributed by atoms with Gasteiger partial charge in [0, 0.05) is 11.8 Å². The topological polar surface area (TPSA) is 145 Å². The maximum absolute atomic E-state index is 12.3. The molecule has 1 saturated heterocycles. The van der Waals surface area contributed by atoms with Crippen LogP contribution in [0.2, 0.25) is 0 Å². The standard InChI is InChI=1S/C14H17N3O6/c1-7-13(22,8(2)19)10(6-18)23-14(7,9(3)20)17-5-4-11(15)16-12(17)21/h4-5,10,18,22H,1,6H2,2-3H3,(H2,15,16,21)/t10-,13-,14+/m1/s1. The Morgan fingerprint density at radius 3 is 2.48 bits per heavy atom. The summed E-state index contributed by atoms with van der Waals surface area (Å²) in [5, 5.41) is 20.1. The Morgan fingerprint density at radius 2 is 2.09 bits per heavy atom. The molecule has 1 aliphatic rings. The van der Waals surface area contributed by atoms with Crippen LogP contribution in [-0.4, -0.2) is 49.6 Å². The van der Waals surface area contributed by atoms with Crippen molar-refractivity contribution in [1.29, 1.82) is 0 Å². The molecule has 0 radical (unpaired) electrons. The fraction of sp³-hybridized carbons (Fsp3) is 0.429. The Bertz CT molecular complexity index is 757. The highest BCUT2D eigenvalue weighted by Gasteiger charge is 2.64. The molecule has 1 aromatic rings. The first kappa shape index (κ1) is 17.0. The van der Waals surface area contributed by atoms with Crippen molar-refractivity contribution in [2.45, 2.75) is 31.3 Å². The van der Waals surface area contributed by atoms with E-state index in [-0.39, 0.29) is 11.4 Å². The van der Waals surface area contributed by atoms with Crippen molar-refractivity contribution in [3.05, 3.63) is 34.9 Å². The molecule has 0 amide bonds. The van der Waals surface area contributed by atoms with Gasteiger partial charge in [-0.1, -0.05) is 6.58 Å². The highest BCUT2D eigenvalue weighted by molar-refractivity contribution is 5.96. The maximum atomic E-state index is 12.3. The van der Waals surface area contributed by atoms with Crippen LogP contribution >= 0.6 is 0 Å². The largest absolute Gasteiger partial charge is 0.394 e. The van der Waals surface area contributed by atoms with E-state index in [4.69, 9.17) is 10.5 Å². The number of nitrogen functional groups attached to an aromatic ring is 1. The number of anilines is 1. The first-order valence-electron chi connectivity index (χ1n) is 6.71. The number of Topliss-reactive ketones (excluding diaryl/α,β-unsaturated/α-hetero) is 2. The predicted octanol–water partition coefficient (Wildman–Crippen LogP) is -1.67. The molecule has 9 heteroatoms. The number of aliphatic hydroxyl groups excluding tert-OH is 1. The van der Waals surface area contributed by atoms with Gasteiger partial charge >= 0.3 is 5.69 Å². The third kappa shape index (κ3) is 2.12. The third-order valence-electron chi connectivity index (χ3n) is 3.99. The summed E-state index contributed by atoms with van der Waals surface area (Å²) in [4.78, 5) is 39.8. The highest BCUT2D eigenvalue weighted by Crippen LogP contribution is 2.46. The van der Waals surface area contributed by atoms with E-state index in [0.717, 1.165) is 24.6 Å². The molecule has 124 valence electrons. The van der Waals surface area contributed by atoms with Gasteiger partial charge in [-0.2, -0.15) is 4.98 Å². The van der Waals surface area contributed by atoms with E-state index in [1.54, 1.807) is 0 Å². The van der Waals surface area contributed by atoms with Gasteiger partial charge in [0.1, 0.15) is 11.9 Å². The Hall–Kier alpha value is -2.36. The van der Waals surface area contributed by atoms with Crippen LogP contribution in [-0.2, 0) is 20.1 Å². The summed E-state index contributed by atoms with van der Waals surface area (Å²) in [6, 6.07) is 1.25. The smallest absolute Gasteiger partial charge is 0.352 e. The molecule has 2 heterocycles. The van der Waals surface area contributed by atoms with Crippen molar-refractivity contribution >= 4 is 17.4 Å². The number of ether oxygens (including phenoxy) is 1. The minimum atomic E-state index is -2.32. The van der Waals surface area contributed by atoms with Gasteiger partial charge in [-0.05, 0) is 19.9 Å². The van der Waals surface area contributed by atoms with Crippen LogP contribution in [0.15, 0.2) is 29.2 Å². The summed E-state index contributed by atoms with van der Waals surface area (Å²) in [5.74, 6) is -1.57. The van der Waals surface area contributed by atoms with Crippen LogP contribution in [0.4, 0.5) is 5.82 Å². The molecule has 0 aliphatic carbocycles. The Kier molecular flexibility index (Phi) is 3.97. The summed E-state index contributed by atoms with van der Waals surface area (Å²) in [6.45, 7) is 5.00. The SMILES string of the molecule is C=C1[C@@](O)(C(C)=O)[C@@H](CO)O[C@@]1(C(C)=O)n1ccc(N)nc1=O. The zero-order valence-electron chi connectivity index (χ0n) is 12.6. The third-order valence-corrected chi connectivity index (χ3v) is 3.99. The van der Waals surface area contributed by atoms with Crippen molar-refractivity contribution in [3.8, 4) is 0 Å². The molecule has 0 unspecified atom stereocenters. The quantitative estimate of drug-likeness (QED) is 0.558. The molecule has 1 aromatic heterocycles. The van der Waals surface area contributed by atoms with E-state index >= 15 is 0 Å². The van der Waals surface area contributed by atoms with Crippen molar-refractivity contribution in [3.63, 3.8) is 0 Å². The van der Waals surface area contributed by atoms with E-state index in [0.29, 0.717) is 0 Å². The van der Waals surface area contributed by atoms with Gasteiger partial charge < -0.3 is 20.7 Å².